The predicted octanol–water partition coefficient (Wildman–Crippen LogP) is 3.86. The Morgan fingerprint density at radius 3 is 2.85 bits per heavy atom. The minimum absolute atomic E-state index is 0.109. The number of rotatable bonds is 7. The van der Waals surface area contributed by atoms with Gasteiger partial charge in [-0.15, -0.1) is 11.6 Å². The van der Waals surface area contributed by atoms with Crippen molar-refractivity contribution in [3.63, 3.8) is 0 Å². The lowest BCUT2D eigenvalue weighted by atomic mass is 10.2. The molecular formula is C15H22ClN3O. The number of aromatic nitrogens is 3. The fourth-order valence-corrected chi connectivity index (χ4v) is 2.54. The Hall–Kier alpha value is -1.13. The molecule has 0 fully saturated rings. The third-order valence-electron chi connectivity index (χ3n) is 3.45. The van der Waals surface area contributed by atoms with E-state index >= 15 is 0 Å². The fourth-order valence-electron chi connectivity index (χ4n) is 2.37. The van der Waals surface area contributed by atoms with Gasteiger partial charge in [-0.05, 0) is 44.7 Å². The summed E-state index contributed by atoms with van der Waals surface area (Å²) in [5, 5.41) is -0.109. The molecule has 0 aliphatic carbocycles. The molecular weight excluding hydrogens is 274 g/mol. The molecule has 1 unspecified atom stereocenters. The number of methoxy groups -OCH3 is 1. The smallest absolute Gasteiger partial charge is 0.160 e. The van der Waals surface area contributed by atoms with Crippen LogP contribution < -0.4 is 0 Å². The van der Waals surface area contributed by atoms with E-state index in [0.717, 1.165) is 55.0 Å². The lowest BCUT2D eigenvalue weighted by molar-refractivity contribution is 0.191. The van der Waals surface area contributed by atoms with Crippen molar-refractivity contribution in [3.8, 4) is 0 Å². The number of hydrogen-bond donors (Lipinski definition) is 0. The largest absolute Gasteiger partial charge is 0.385 e. The first kappa shape index (κ1) is 15.3. The van der Waals surface area contributed by atoms with Crippen LogP contribution in [0.5, 0.6) is 0 Å². The van der Waals surface area contributed by atoms with Gasteiger partial charge in [0.1, 0.15) is 11.3 Å². The SMILES string of the molecule is COCCCCCn1c(C(C)Cl)nc2c(C)ccnc21. The van der Waals surface area contributed by atoms with Gasteiger partial charge < -0.3 is 9.30 Å². The third kappa shape index (κ3) is 3.30. The van der Waals surface area contributed by atoms with Crippen molar-refractivity contribution in [1.29, 1.82) is 0 Å². The monoisotopic (exact) mass is 295 g/mol. The van der Waals surface area contributed by atoms with E-state index in [1.807, 2.05) is 19.2 Å². The first-order valence-electron chi connectivity index (χ1n) is 7.10. The molecule has 2 aromatic rings. The Balaban J connectivity index is 2.21. The second-order valence-electron chi connectivity index (χ2n) is 5.09. The van der Waals surface area contributed by atoms with Crippen molar-refractivity contribution in [2.24, 2.45) is 0 Å². The zero-order valence-corrected chi connectivity index (χ0v) is 13.2. The summed E-state index contributed by atoms with van der Waals surface area (Å²) in [6.45, 7) is 5.74. The maximum atomic E-state index is 6.26. The average molecular weight is 296 g/mol. The van der Waals surface area contributed by atoms with Crippen LogP contribution >= 0.6 is 11.6 Å². The normalized spacial score (nSPS) is 13.0. The number of fused-ring (bicyclic) bond motifs is 1. The third-order valence-corrected chi connectivity index (χ3v) is 3.65. The summed E-state index contributed by atoms with van der Waals surface area (Å²) < 4.78 is 7.23. The number of unbranched alkanes of at least 4 members (excludes halogenated alkanes) is 2. The van der Waals surface area contributed by atoms with Crippen LogP contribution in [0.15, 0.2) is 12.3 Å². The highest BCUT2D eigenvalue weighted by atomic mass is 35.5. The molecule has 0 amide bonds. The molecule has 0 radical (unpaired) electrons. The van der Waals surface area contributed by atoms with Crippen LogP contribution in [-0.2, 0) is 11.3 Å². The van der Waals surface area contributed by atoms with Gasteiger partial charge >= 0.3 is 0 Å². The Morgan fingerprint density at radius 1 is 1.35 bits per heavy atom. The standard InChI is InChI=1S/C15H22ClN3O/c1-11-7-8-17-15-13(11)18-14(12(2)16)19(15)9-5-4-6-10-20-3/h7-8,12H,4-6,9-10H2,1-3H3. The van der Waals surface area contributed by atoms with Gasteiger partial charge in [0.2, 0.25) is 0 Å². The van der Waals surface area contributed by atoms with E-state index in [1.54, 1.807) is 7.11 Å². The highest BCUT2D eigenvalue weighted by molar-refractivity contribution is 6.20. The summed E-state index contributed by atoms with van der Waals surface area (Å²) in [6, 6.07) is 1.99. The molecule has 110 valence electrons. The number of ether oxygens (including phenoxy) is 1. The summed E-state index contributed by atoms with van der Waals surface area (Å²) in [5.74, 6) is 0.912. The van der Waals surface area contributed by atoms with Crippen LogP contribution in [0.25, 0.3) is 11.2 Å². The predicted molar refractivity (Wildman–Crippen MR) is 82.3 cm³/mol. The van der Waals surface area contributed by atoms with Crippen molar-refractivity contribution in [3.05, 3.63) is 23.7 Å². The van der Waals surface area contributed by atoms with Crippen molar-refractivity contribution >= 4 is 22.8 Å². The number of halogens is 1. The maximum Gasteiger partial charge on any atom is 0.160 e. The highest BCUT2D eigenvalue weighted by Crippen LogP contribution is 2.25. The van der Waals surface area contributed by atoms with Gasteiger partial charge in [-0.3, -0.25) is 0 Å². The van der Waals surface area contributed by atoms with E-state index in [9.17, 15) is 0 Å². The van der Waals surface area contributed by atoms with E-state index in [4.69, 9.17) is 16.3 Å². The van der Waals surface area contributed by atoms with Crippen molar-refractivity contribution < 1.29 is 4.74 Å². The fraction of sp³-hybridized carbons (Fsp3) is 0.600. The first-order valence-corrected chi connectivity index (χ1v) is 7.53. The number of pyridine rings is 1. The van der Waals surface area contributed by atoms with Gasteiger partial charge in [0.25, 0.3) is 0 Å². The Kier molecular flexibility index (Phi) is 5.38. The molecule has 0 N–H and O–H groups in total. The maximum absolute atomic E-state index is 6.26. The van der Waals surface area contributed by atoms with Crippen molar-refractivity contribution in [1.82, 2.24) is 14.5 Å². The van der Waals surface area contributed by atoms with Gasteiger partial charge in [0.15, 0.2) is 5.65 Å². The quantitative estimate of drug-likeness (QED) is 0.575. The van der Waals surface area contributed by atoms with Gasteiger partial charge in [-0.1, -0.05) is 0 Å². The number of nitrogens with zero attached hydrogens (tertiary/aromatic N) is 3. The van der Waals surface area contributed by atoms with Crippen molar-refractivity contribution in [2.45, 2.75) is 45.0 Å². The Bertz CT molecular complexity index is 565. The van der Waals surface area contributed by atoms with Crippen LogP contribution in [0.3, 0.4) is 0 Å². The molecule has 2 heterocycles. The first-order chi connectivity index (χ1) is 9.65. The molecule has 0 bridgehead atoms. The van der Waals surface area contributed by atoms with Gasteiger partial charge in [0, 0.05) is 26.5 Å². The number of aryl methyl sites for hydroxylation is 2. The lowest BCUT2D eigenvalue weighted by Crippen LogP contribution is -2.05. The van der Waals surface area contributed by atoms with E-state index < -0.39 is 0 Å². The van der Waals surface area contributed by atoms with Crippen LogP contribution in [-0.4, -0.2) is 28.3 Å². The van der Waals surface area contributed by atoms with Crippen molar-refractivity contribution in [2.75, 3.05) is 13.7 Å². The van der Waals surface area contributed by atoms with Gasteiger partial charge in [-0.2, -0.15) is 0 Å². The minimum atomic E-state index is -0.109. The topological polar surface area (TPSA) is 39.9 Å². The van der Waals surface area contributed by atoms with Crippen LogP contribution in [0, 0.1) is 6.92 Å². The van der Waals surface area contributed by atoms with Crippen LogP contribution in [0.2, 0.25) is 0 Å². The molecule has 5 heteroatoms. The molecule has 4 nitrogen and oxygen atoms in total. The second kappa shape index (κ2) is 7.04. The average Bonchev–Trinajstić information content (AvgIpc) is 2.79. The molecule has 20 heavy (non-hydrogen) atoms. The van der Waals surface area contributed by atoms with Gasteiger partial charge in [0.05, 0.1) is 5.38 Å². The van der Waals surface area contributed by atoms with Crippen LogP contribution in [0.1, 0.15) is 43.0 Å². The summed E-state index contributed by atoms with van der Waals surface area (Å²) in [5.41, 5.74) is 3.05. The molecule has 0 saturated carbocycles. The van der Waals surface area contributed by atoms with Gasteiger partial charge in [-0.25, -0.2) is 9.97 Å². The Morgan fingerprint density at radius 2 is 2.15 bits per heavy atom. The summed E-state index contributed by atoms with van der Waals surface area (Å²) in [7, 11) is 1.74. The highest BCUT2D eigenvalue weighted by Gasteiger charge is 2.16. The minimum Gasteiger partial charge on any atom is -0.385 e. The molecule has 1 atom stereocenters. The molecule has 0 aromatic carbocycles. The van der Waals surface area contributed by atoms with Crippen LogP contribution in [0.4, 0.5) is 0 Å². The van der Waals surface area contributed by atoms with E-state index in [0.29, 0.717) is 0 Å². The number of imidazole rings is 1. The summed E-state index contributed by atoms with van der Waals surface area (Å²) >= 11 is 6.26. The molecule has 0 aliphatic rings. The summed E-state index contributed by atoms with van der Waals surface area (Å²) in [4.78, 5) is 9.15. The molecule has 2 rings (SSSR count). The number of alkyl halides is 1. The molecule has 0 saturated heterocycles. The second-order valence-corrected chi connectivity index (χ2v) is 5.75. The zero-order valence-electron chi connectivity index (χ0n) is 12.4. The molecule has 0 spiro atoms. The lowest BCUT2D eigenvalue weighted by Gasteiger charge is -2.09. The molecule has 0 aliphatic heterocycles. The van der Waals surface area contributed by atoms with E-state index in [-0.39, 0.29) is 5.38 Å². The summed E-state index contributed by atoms with van der Waals surface area (Å²) in [6.07, 6.45) is 5.14. The van der Waals surface area contributed by atoms with E-state index in [1.165, 1.54) is 0 Å². The van der Waals surface area contributed by atoms with E-state index in [2.05, 4.69) is 21.5 Å². The number of hydrogen-bond acceptors (Lipinski definition) is 3. The Labute approximate surface area is 125 Å². The zero-order chi connectivity index (χ0) is 14.5. The molecule has 2 aromatic heterocycles.